The summed E-state index contributed by atoms with van der Waals surface area (Å²) in [5.74, 6) is 0.901. The summed E-state index contributed by atoms with van der Waals surface area (Å²) in [6.07, 6.45) is 4.44. The molecule has 0 unspecified atom stereocenters. The van der Waals surface area contributed by atoms with Crippen molar-refractivity contribution in [3.63, 3.8) is 0 Å². The van der Waals surface area contributed by atoms with Gasteiger partial charge >= 0.3 is 5.97 Å². The van der Waals surface area contributed by atoms with Crippen LogP contribution in [0.3, 0.4) is 0 Å². The number of carbonyl (C=O) groups is 1. The lowest BCUT2D eigenvalue weighted by Gasteiger charge is -2.28. The molecule has 0 radical (unpaired) electrons. The quantitative estimate of drug-likeness (QED) is 0.534. The Kier molecular flexibility index (Phi) is 6.07. The van der Waals surface area contributed by atoms with Crippen molar-refractivity contribution in [3.05, 3.63) is 71.8 Å². The fourth-order valence-electron chi connectivity index (χ4n) is 4.21. The van der Waals surface area contributed by atoms with Crippen molar-refractivity contribution in [2.24, 2.45) is 5.92 Å². The fraction of sp³-hybridized carbons (Fsp3) is 0.320. The van der Waals surface area contributed by atoms with Crippen LogP contribution in [0, 0.1) is 12.8 Å². The highest BCUT2D eigenvalue weighted by molar-refractivity contribution is 5.67. The monoisotopic (exact) mass is 401 g/mol. The molecule has 0 spiro atoms. The summed E-state index contributed by atoms with van der Waals surface area (Å²) in [7, 11) is 0. The van der Waals surface area contributed by atoms with Crippen LogP contribution in [0.4, 0.5) is 11.5 Å². The third-order valence-corrected chi connectivity index (χ3v) is 5.98. The maximum atomic E-state index is 10.9. The molecule has 0 aliphatic heterocycles. The molecule has 2 aromatic carbocycles. The second-order valence-corrected chi connectivity index (χ2v) is 8.23. The molecule has 1 saturated carbocycles. The summed E-state index contributed by atoms with van der Waals surface area (Å²) in [4.78, 5) is 10.9. The number of aromatic nitrogens is 2. The number of hydrogen-bond acceptors (Lipinski definition) is 4. The third kappa shape index (κ3) is 5.03. The van der Waals surface area contributed by atoms with Crippen molar-refractivity contribution in [1.82, 2.24) is 10.2 Å². The minimum absolute atomic E-state index is 0.305. The van der Waals surface area contributed by atoms with E-state index in [-0.39, 0.29) is 0 Å². The first-order valence-corrected chi connectivity index (χ1v) is 10.6. The molecule has 1 heterocycles. The van der Waals surface area contributed by atoms with Gasteiger partial charge in [-0.25, -0.2) is 0 Å². The molecule has 3 aromatic rings. The van der Waals surface area contributed by atoms with Gasteiger partial charge in [-0.3, -0.25) is 4.79 Å². The largest absolute Gasteiger partial charge is 0.481 e. The minimum Gasteiger partial charge on any atom is -0.481 e. The first-order chi connectivity index (χ1) is 14.6. The molecule has 5 heteroatoms. The van der Waals surface area contributed by atoms with Crippen LogP contribution in [0.25, 0.3) is 11.3 Å². The zero-order valence-corrected chi connectivity index (χ0v) is 17.2. The summed E-state index contributed by atoms with van der Waals surface area (Å²) in [5, 5.41) is 20.9. The van der Waals surface area contributed by atoms with E-state index in [4.69, 9.17) is 5.11 Å². The summed E-state index contributed by atoms with van der Waals surface area (Å²) in [6.45, 7) is 2.06. The van der Waals surface area contributed by atoms with Crippen LogP contribution in [0.15, 0.2) is 60.7 Å². The third-order valence-electron chi connectivity index (χ3n) is 5.98. The van der Waals surface area contributed by atoms with Gasteiger partial charge in [-0.1, -0.05) is 42.0 Å². The van der Waals surface area contributed by atoms with Gasteiger partial charge in [-0.05, 0) is 74.3 Å². The number of carboxylic acids is 1. The molecule has 0 atom stereocenters. The zero-order chi connectivity index (χ0) is 20.9. The van der Waals surface area contributed by atoms with Crippen molar-refractivity contribution >= 4 is 17.5 Å². The molecule has 154 valence electrons. The second-order valence-electron chi connectivity index (χ2n) is 8.23. The topological polar surface area (TPSA) is 75.1 Å². The first kappa shape index (κ1) is 20.1. The van der Waals surface area contributed by atoms with Crippen LogP contribution >= 0.6 is 0 Å². The summed E-state index contributed by atoms with van der Waals surface area (Å²) in [5.41, 5.74) is 5.44. The fourth-order valence-corrected chi connectivity index (χ4v) is 4.21. The Morgan fingerprint density at radius 2 is 1.63 bits per heavy atom. The highest BCUT2D eigenvalue weighted by Crippen LogP contribution is 2.37. The van der Waals surface area contributed by atoms with Crippen LogP contribution in [-0.4, -0.2) is 21.3 Å². The highest BCUT2D eigenvalue weighted by Gasteiger charge is 2.23. The normalized spacial score (nSPS) is 18.7. The summed E-state index contributed by atoms with van der Waals surface area (Å²) < 4.78 is 0. The van der Waals surface area contributed by atoms with Crippen molar-refractivity contribution in [1.29, 1.82) is 0 Å². The average molecular weight is 402 g/mol. The van der Waals surface area contributed by atoms with Crippen molar-refractivity contribution in [2.75, 3.05) is 5.32 Å². The number of anilines is 2. The molecule has 1 aliphatic rings. The summed E-state index contributed by atoms with van der Waals surface area (Å²) >= 11 is 0. The van der Waals surface area contributed by atoms with Crippen LogP contribution in [-0.2, 0) is 4.79 Å². The molecule has 4 rings (SSSR count). The molecular formula is C25H27N3O2. The van der Waals surface area contributed by atoms with Gasteiger partial charge in [0.2, 0.25) is 0 Å². The van der Waals surface area contributed by atoms with Gasteiger partial charge in [0, 0.05) is 17.7 Å². The Morgan fingerprint density at radius 3 is 2.23 bits per heavy atom. The second kappa shape index (κ2) is 9.08. The first-order valence-electron chi connectivity index (χ1n) is 10.6. The summed E-state index contributed by atoms with van der Waals surface area (Å²) in [6, 6.07) is 20.7. The van der Waals surface area contributed by atoms with E-state index in [1.807, 2.05) is 24.3 Å². The molecule has 0 bridgehead atoms. The lowest BCUT2D eigenvalue weighted by molar-refractivity contribution is -0.138. The maximum absolute atomic E-state index is 10.9. The van der Waals surface area contributed by atoms with E-state index in [2.05, 4.69) is 58.8 Å². The van der Waals surface area contributed by atoms with Gasteiger partial charge in [0.25, 0.3) is 0 Å². The Morgan fingerprint density at radius 1 is 0.933 bits per heavy atom. The van der Waals surface area contributed by atoms with Crippen LogP contribution in [0.2, 0.25) is 0 Å². The van der Waals surface area contributed by atoms with Crippen LogP contribution in [0.5, 0.6) is 0 Å². The molecular weight excluding hydrogens is 374 g/mol. The number of rotatable bonds is 6. The molecule has 2 N–H and O–H groups in total. The van der Waals surface area contributed by atoms with Crippen molar-refractivity contribution < 1.29 is 9.90 Å². The molecule has 5 nitrogen and oxygen atoms in total. The average Bonchev–Trinajstić information content (AvgIpc) is 2.76. The van der Waals surface area contributed by atoms with Crippen molar-refractivity contribution in [3.8, 4) is 11.3 Å². The van der Waals surface area contributed by atoms with E-state index in [0.29, 0.717) is 18.3 Å². The van der Waals surface area contributed by atoms with E-state index in [0.717, 1.165) is 48.4 Å². The number of aliphatic carboxylic acids is 1. The molecule has 1 fully saturated rings. The van der Waals surface area contributed by atoms with Crippen molar-refractivity contribution in [2.45, 2.75) is 44.9 Å². The lowest BCUT2D eigenvalue weighted by atomic mass is 9.77. The van der Waals surface area contributed by atoms with E-state index in [1.54, 1.807) is 0 Å². The standard InChI is InChI=1S/C25H27N3O2/c1-17-2-12-22(13-3-17)26-24-15-14-23(27-28-24)21-10-8-20(9-11-21)19-6-4-18(5-7-19)16-25(29)30/h2-3,8-15,18-19H,4-7,16H2,1H3,(H,26,28)(H,29,30). The van der Waals surface area contributed by atoms with Gasteiger partial charge in [0.15, 0.2) is 5.82 Å². The van der Waals surface area contributed by atoms with E-state index < -0.39 is 5.97 Å². The van der Waals surface area contributed by atoms with E-state index >= 15 is 0 Å². The molecule has 30 heavy (non-hydrogen) atoms. The Balaban J connectivity index is 1.37. The van der Waals surface area contributed by atoms with Crippen LogP contribution in [0.1, 0.15) is 49.1 Å². The maximum Gasteiger partial charge on any atom is 0.303 e. The Hall–Kier alpha value is -3.21. The van der Waals surface area contributed by atoms with Gasteiger partial charge in [-0.15, -0.1) is 10.2 Å². The SMILES string of the molecule is Cc1ccc(Nc2ccc(-c3ccc(C4CCC(CC(=O)O)CC4)cc3)nn2)cc1. The highest BCUT2D eigenvalue weighted by atomic mass is 16.4. The van der Waals surface area contributed by atoms with Gasteiger partial charge in [-0.2, -0.15) is 0 Å². The number of hydrogen-bond donors (Lipinski definition) is 2. The van der Waals surface area contributed by atoms with Gasteiger partial charge in [0.05, 0.1) is 5.69 Å². The van der Waals surface area contributed by atoms with Gasteiger partial charge in [0.1, 0.15) is 0 Å². The number of nitrogens with zero attached hydrogens (tertiary/aromatic N) is 2. The number of benzene rings is 2. The smallest absolute Gasteiger partial charge is 0.303 e. The predicted molar refractivity (Wildman–Crippen MR) is 119 cm³/mol. The zero-order valence-electron chi connectivity index (χ0n) is 17.2. The molecule has 0 amide bonds. The number of carboxylic acid groups (broad SMARTS) is 1. The van der Waals surface area contributed by atoms with Crippen LogP contribution < -0.4 is 5.32 Å². The Bertz CT molecular complexity index is 974. The van der Waals surface area contributed by atoms with Gasteiger partial charge < -0.3 is 10.4 Å². The predicted octanol–water partition coefficient (Wildman–Crippen LogP) is 5.94. The molecule has 1 aliphatic carbocycles. The van der Waals surface area contributed by atoms with E-state index in [9.17, 15) is 4.79 Å². The Labute approximate surface area is 177 Å². The molecule has 0 saturated heterocycles. The molecule has 1 aromatic heterocycles. The number of aryl methyl sites for hydroxylation is 1. The number of nitrogens with one attached hydrogen (secondary N) is 1. The minimum atomic E-state index is -0.677. The van der Waals surface area contributed by atoms with E-state index in [1.165, 1.54) is 11.1 Å². The lowest BCUT2D eigenvalue weighted by Crippen LogP contribution is -2.16.